The first-order valence-corrected chi connectivity index (χ1v) is 5.85. The van der Waals surface area contributed by atoms with Gasteiger partial charge in [-0.15, -0.1) is 0 Å². The summed E-state index contributed by atoms with van der Waals surface area (Å²) in [6.45, 7) is 0. The lowest BCUT2D eigenvalue weighted by Gasteiger charge is -2.26. The summed E-state index contributed by atoms with van der Waals surface area (Å²) in [6.07, 6.45) is 2.77. The van der Waals surface area contributed by atoms with E-state index >= 15 is 0 Å². The summed E-state index contributed by atoms with van der Waals surface area (Å²) in [5, 5.41) is 0. The van der Waals surface area contributed by atoms with E-state index < -0.39 is 0 Å². The summed E-state index contributed by atoms with van der Waals surface area (Å²) >= 11 is 0. The van der Waals surface area contributed by atoms with Crippen molar-refractivity contribution in [1.82, 2.24) is 0 Å². The average Bonchev–Trinajstić information content (AvgIpc) is 2.89. The molecule has 2 heterocycles. The molecular formula is C13H17NO2. The van der Waals surface area contributed by atoms with E-state index in [1.54, 1.807) is 7.11 Å². The van der Waals surface area contributed by atoms with E-state index in [1.165, 1.54) is 5.56 Å². The van der Waals surface area contributed by atoms with Crippen molar-refractivity contribution in [2.24, 2.45) is 5.73 Å². The number of fused-ring (bicyclic) bond motifs is 2. The van der Waals surface area contributed by atoms with Crippen LogP contribution >= 0.6 is 0 Å². The van der Waals surface area contributed by atoms with Crippen molar-refractivity contribution < 1.29 is 9.47 Å². The molecule has 16 heavy (non-hydrogen) atoms. The highest BCUT2D eigenvalue weighted by Crippen LogP contribution is 2.45. The van der Waals surface area contributed by atoms with Crippen LogP contribution in [0.3, 0.4) is 0 Å². The van der Waals surface area contributed by atoms with Crippen LogP contribution in [0.2, 0.25) is 0 Å². The number of para-hydroxylation sites is 1. The molecule has 0 saturated carbocycles. The van der Waals surface area contributed by atoms with Crippen molar-refractivity contribution in [3.05, 3.63) is 29.8 Å². The van der Waals surface area contributed by atoms with Crippen LogP contribution < -0.4 is 10.5 Å². The van der Waals surface area contributed by atoms with Crippen molar-refractivity contribution in [2.75, 3.05) is 7.11 Å². The van der Waals surface area contributed by atoms with Crippen LogP contribution in [0.1, 0.15) is 24.3 Å². The molecule has 2 aliphatic rings. The molecule has 3 nitrogen and oxygen atoms in total. The van der Waals surface area contributed by atoms with Gasteiger partial charge in [0.15, 0.2) is 0 Å². The largest absolute Gasteiger partial charge is 0.496 e. The van der Waals surface area contributed by atoms with Crippen molar-refractivity contribution in [1.29, 1.82) is 0 Å². The minimum atomic E-state index is 0.120. The number of rotatable bonds is 2. The third kappa shape index (κ3) is 1.35. The first-order chi connectivity index (χ1) is 7.81. The van der Waals surface area contributed by atoms with Crippen molar-refractivity contribution in [3.63, 3.8) is 0 Å². The monoisotopic (exact) mass is 219 g/mol. The Labute approximate surface area is 95.5 Å². The zero-order valence-corrected chi connectivity index (χ0v) is 9.43. The Balaban J connectivity index is 1.97. The molecule has 2 fully saturated rings. The SMILES string of the molecule is COc1ccccc1C1C2CCC(O2)C1N. The van der Waals surface area contributed by atoms with E-state index in [2.05, 4.69) is 6.07 Å². The molecule has 2 N–H and O–H groups in total. The smallest absolute Gasteiger partial charge is 0.122 e. The number of nitrogens with two attached hydrogens (primary N) is 1. The van der Waals surface area contributed by atoms with Gasteiger partial charge in [0, 0.05) is 17.5 Å². The molecule has 1 aromatic carbocycles. The summed E-state index contributed by atoms with van der Waals surface area (Å²) in [4.78, 5) is 0. The van der Waals surface area contributed by atoms with E-state index in [-0.39, 0.29) is 18.2 Å². The molecule has 0 aromatic heterocycles. The second-order valence-corrected chi connectivity index (χ2v) is 4.64. The van der Waals surface area contributed by atoms with Gasteiger partial charge in [0.2, 0.25) is 0 Å². The Morgan fingerprint density at radius 2 is 2.00 bits per heavy atom. The zero-order chi connectivity index (χ0) is 11.1. The summed E-state index contributed by atoms with van der Waals surface area (Å²) < 4.78 is 11.3. The highest BCUT2D eigenvalue weighted by atomic mass is 16.5. The first kappa shape index (κ1) is 10.1. The fourth-order valence-electron chi connectivity index (χ4n) is 3.07. The number of methoxy groups -OCH3 is 1. The Bertz CT molecular complexity index is 391. The van der Waals surface area contributed by atoms with E-state index in [1.807, 2.05) is 18.2 Å². The Morgan fingerprint density at radius 3 is 2.69 bits per heavy atom. The standard InChI is InChI=1S/C13H17NO2/c1-15-9-5-3-2-4-8(9)12-10-6-7-11(16-10)13(12)14/h2-5,10-13H,6-7,14H2,1H3. The number of hydrogen-bond donors (Lipinski definition) is 1. The van der Waals surface area contributed by atoms with Gasteiger partial charge < -0.3 is 15.2 Å². The maximum Gasteiger partial charge on any atom is 0.122 e. The molecule has 0 radical (unpaired) electrons. The zero-order valence-electron chi connectivity index (χ0n) is 9.43. The topological polar surface area (TPSA) is 44.5 Å². The third-order valence-electron chi connectivity index (χ3n) is 3.83. The van der Waals surface area contributed by atoms with Gasteiger partial charge in [-0.3, -0.25) is 0 Å². The minimum Gasteiger partial charge on any atom is -0.496 e. The first-order valence-electron chi connectivity index (χ1n) is 5.85. The normalized spacial score (nSPS) is 36.6. The summed E-state index contributed by atoms with van der Waals surface area (Å²) in [5.41, 5.74) is 7.44. The number of ether oxygens (including phenoxy) is 2. The molecule has 86 valence electrons. The van der Waals surface area contributed by atoms with Crippen LogP contribution in [0.25, 0.3) is 0 Å². The maximum atomic E-state index is 6.24. The van der Waals surface area contributed by atoms with Crippen LogP contribution in [0.4, 0.5) is 0 Å². The summed E-state index contributed by atoms with van der Waals surface area (Å²) in [6, 6.07) is 8.25. The lowest BCUT2D eigenvalue weighted by molar-refractivity contribution is 0.0975. The van der Waals surface area contributed by atoms with Gasteiger partial charge in [0.1, 0.15) is 5.75 Å². The van der Waals surface area contributed by atoms with E-state index in [9.17, 15) is 0 Å². The maximum absolute atomic E-state index is 6.24. The lowest BCUT2D eigenvalue weighted by atomic mass is 9.80. The van der Waals surface area contributed by atoms with E-state index in [0.29, 0.717) is 5.92 Å². The van der Waals surface area contributed by atoms with Crippen molar-refractivity contribution in [2.45, 2.75) is 37.0 Å². The van der Waals surface area contributed by atoms with Crippen LogP contribution in [0.5, 0.6) is 5.75 Å². The molecule has 2 bridgehead atoms. The predicted octanol–water partition coefficient (Wildman–Crippen LogP) is 1.67. The highest BCUT2D eigenvalue weighted by Gasteiger charge is 2.48. The quantitative estimate of drug-likeness (QED) is 0.822. The second kappa shape index (κ2) is 3.75. The molecule has 4 atom stereocenters. The Hall–Kier alpha value is -1.06. The van der Waals surface area contributed by atoms with Gasteiger partial charge in [-0.25, -0.2) is 0 Å². The molecule has 0 spiro atoms. The highest BCUT2D eigenvalue weighted by molar-refractivity contribution is 5.39. The predicted molar refractivity (Wildman–Crippen MR) is 61.6 cm³/mol. The van der Waals surface area contributed by atoms with E-state index in [4.69, 9.17) is 15.2 Å². The molecule has 2 saturated heterocycles. The van der Waals surface area contributed by atoms with E-state index in [0.717, 1.165) is 18.6 Å². The van der Waals surface area contributed by atoms with Crippen LogP contribution in [0, 0.1) is 0 Å². The third-order valence-corrected chi connectivity index (χ3v) is 3.83. The number of hydrogen-bond acceptors (Lipinski definition) is 3. The lowest BCUT2D eigenvalue weighted by Crippen LogP contribution is -2.38. The average molecular weight is 219 g/mol. The molecule has 0 aliphatic carbocycles. The van der Waals surface area contributed by atoms with Gasteiger partial charge in [-0.2, -0.15) is 0 Å². The second-order valence-electron chi connectivity index (χ2n) is 4.64. The minimum absolute atomic E-state index is 0.120. The van der Waals surface area contributed by atoms with Crippen LogP contribution in [-0.2, 0) is 4.74 Å². The number of benzene rings is 1. The van der Waals surface area contributed by atoms with Crippen molar-refractivity contribution >= 4 is 0 Å². The van der Waals surface area contributed by atoms with Gasteiger partial charge >= 0.3 is 0 Å². The molecule has 3 rings (SSSR count). The Kier molecular flexibility index (Phi) is 2.37. The van der Waals surface area contributed by atoms with Crippen LogP contribution in [-0.4, -0.2) is 25.4 Å². The van der Waals surface area contributed by atoms with Gasteiger partial charge in [0.25, 0.3) is 0 Å². The molecule has 3 heteroatoms. The van der Waals surface area contributed by atoms with Gasteiger partial charge in [-0.05, 0) is 18.9 Å². The van der Waals surface area contributed by atoms with Gasteiger partial charge in [-0.1, -0.05) is 18.2 Å². The molecule has 1 aromatic rings. The Morgan fingerprint density at radius 1 is 1.25 bits per heavy atom. The van der Waals surface area contributed by atoms with Crippen molar-refractivity contribution in [3.8, 4) is 5.75 Å². The fraction of sp³-hybridized carbons (Fsp3) is 0.538. The molecule has 4 unspecified atom stereocenters. The summed E-state index contributed by atoms with van der Waals surface area (Å²) in [5.74, 6) is 1.23. The van der Waals surface area contributed by atoms with Gasteiger partial charge in [0.05, 0.1) is 19.3 Å². The molecular weight excluding hydrogens is 202 g/mol. The molecule has 0 amide bonds. The fourth-order valence-corrected chi connectivity index (χ4v) is 3.07. The summed E-state index contributed by atoms with van der Waals surface area (Å²) in [7, 11) is 1.71. The van der Waals surface area contributed by atoms with Crippen LogP contribution in [0.15, 0.2) is 24.3 Å². The molecule has 2 aliphatic heterocycles.